The molecule has 0 aromatic carbocycles. The summed E-state index contributed by atoms with van der Waals surface area (Å²) in [5.74, 6) is 0.605. The van der Waals surface area contributed by atoms with Crippen LogP contribution in [-0.4, -0.2) is 19.8 Å². The third-order valence-electron chi connectivity index (χ3n) is 2.13. The molecule has 1 rings (SSSR count). The van der Waals surface area contributed by atoms with Crippen LogP contribution < -0.4 is 5.32 Å². The predicted octanol–water partition coefficient (Wildman–Crippen LogP) is 1.20. The van der Waals surface area contributed by atoms with Gasteiger partial charge in [-0.15, -0.1) is 0 Å². The van der Waals surface area contributed by atoms with Crippen molar-refractivity contribution in [1.29, 1.82) is 0 Å². The summed E-state index contributed by atoms with van der Waals surface area (Å²) in [7, 11) is 1.87. The number of hydrogen-bond donors (Lipinski definition) is 1. The van der Waals surface area contributed by atoms with E-state index in [1.807, 2.05) is 14.0 Å². The van der Waals surface area contributed by atoms with E-state index >= 15 is 0 Å². The number of halogens is 1. The fourth-order valence-corrected chi connectivity index (χ4v) is 1.46. The zero-order valence-electron chi connectivity index (χ0n) is 6.02. The van der Waals surface area contributed by atoms with Crippen LogP contribution in [0.2, 0.25) is 0 Å². The van der Waals surface area contributed by atoms with Crippen LogP contribution in [0.4, 0.5) is 4.39 Å². The molecule has 0 amide bonds. The lowest BCUT2D eigenvalue weighted by Crippen LogP contribution is -2.42. The largest absolute Gasteiger partial charge is 0.319 e. The first-order valence-corrected chi connectivity index (χ1v) is 3.54. The molecule has 1 saturated carbocycles. The Labute approximate surface area is 55.6 Å². The van der Waals surface area contributed by atoms with E-state index < -0.39 is 6.17 Å². The van der Waals surface area contributed by atoms with Crippen molar-refractivity contribution in [2.24, 2.45) is 11.8 Å². The number of alkyl halides is 1. The van der Waals surface area contributed by atoms with Gasteiger partial charge in [-0.3, -0.25) is 0 Å². The summed E-state index contributed by atoms with van der Waals surface area (Å²) in [6, 6.07) is 0. The molecule has 1 nitrogen and oxygen atoms in total. The minimum atomic E-state index is -0.544. The molecule has 9 heavy (non-hydrogen) atoms. The van der Waals surface area contributed by atoms with Crippen LogP contribution in [-0.2, 0) is 0 Å². The molecule has 0 heterocycles. The fourth-order valence-electron chi connectivity index (χ4n) is 1.46. The molecule has 0 aromatic heterocycles. The molecule has 0 aliphatic heterocycles. The smallest absolute Gasteiger partial charge is 0.107 e. The van der Waals surface area contributed by atoms with Crippen LogP contribution in [0.25, 0.3) is 0 Å². The fraction of sp³-hybridized carbons (Fsp3) is 1.00. The molecular weight excluding hydrogens is 117 g/mol. The van der Waals surface area contributed by atoms with Gasteiger partial charge in [-0.2, -0.15) is 0 Å². The average Bonchev–Trinajstić information content (AvgIpc) is 1.88. The maximum Gasteiger partial charge on any atom is 0.107 e. The topological polar surface area (TPSA) is 12.0 Å². The minimum absolute atomic E-state index is 0.296. The molecule has 0 saturated heterocycles. The molecule has 0 bridgehead atoms. The third-order valence-corrected chi connectivity index (χ3v) is 2.13. The second kappa shape index (κ2) is 2.65. The Morgan fingerprint density at radius 1 is 1.67 bits per heavy atom. The molecule has 0 aromatic rings. The van der Waals surface area contributed by atoms with Crippen molar-refractivity contribution in [1.82, 2.24) is 5.32 Å². The molecule has 2 heteroatoms. The van der Waals surface area contributed by atoms with Gasteiger partial charge in [-0.1, -0.05) is 6.92 Å². The highest BCUT2D eigenvalue weighted by Gasteiger charge is 2.37. The normalized spacial score (nSPS) is 42.3. The molecule has 1 aliphatic carbocycles. The molecule has 1 aliphatic rings. The highest BCUT2D eigenvalue weighted by atomic mass is 19.1. The van der Waals surface area contributed by atoms with E-state index in [1.54, 1.807) is 0 Å². The molecule has 3 atom stereocenters. The highest BCUT2D eigenvalue weighted by Crippen LogP contribution is 2.35. The van der Waals surface area contributed by atoms with Gasteiger partial charge in [0.25, 0.3) is 0 Å². The molecule has 1 fully saturated rings. The number of rotatable bonds is 2. The summed E-state index contributed by atoms with van der Waals surface area (Å²) in [5.41, 5.74) is 0. The average molecular weight is 131 g/mol. The van der Waals surface area contributed by atoms with E-state index in [1.165, 1.54) is 0 Å². The van der Waals surface area contributed by atoms with Crippen molar-refractivity contribution in [2.75, 3.05) is 13.6 Å². The third kappa shape index (κ3) is 1.23. The molecular formula is C7H14FN. The lowest BCUT2D eigenvalue weighted by Gasteiger charge is -2.37. The van der Waals surface area contributed by atoms with Crippen molar-refractivity contribution in [2.45, 2.75) is 19.5 Å². The van der Waals surface area contributed by atoms with E-state index in [0.717, 1.165) is 13.0 Å². The summed E-state index contributed by atoms with van der Waals surface area (Å²) >= 11 is 0. The number of hydrogen-bond acceptors (Lipinski definition) is 1. The van der Waals surface area contributed by atoms with Gasteiger partial charge in [-0.25, -0.2) is 4.39 Å². The van der Waals surface area contributed by atoms with Crippen LogP contribution in [0.3, 0.4) is 0 Å². The summed E-state index contributed by atoms with van der Waals surface area (Å²) < 4.78 is 12.7. The van der Waals surface area contributed by atoms with Crippen molar-refractivity contribution in [3.8, 4) is 0 Å². The second-order valence-corrected chi connectivity index (χ2v) is 2.98. The molecule has 0 spiro atoms. The standard InChI is InChI=1S/C7H14FN/c1-5-3-6(4-9-2)7(5)8/h5-7,9H,3-4H2,1-2H3. The molecule has 54 valence electrons. The zero-order valence-corrected chi connectivity index (χ0v) is 6.02. The van der Waals surface area contributed by atoms with Crippen LogP contribution in [0, 0.1) is 11.8 Å². The van der Waals surface area contributed by atoms with E-state index in [-0.39, 0.29) is 0 Å². The Balaban J connectivity index is 2.17. The van der Waals surface area contributed by atoms with Gasteiger partial charge in [0.1, 0.15) is 6.17 Å². The van der Waals surface area contributed by atoms with Crippen LogP contribution in [0.15, 0.2) is 0 Å². The van der Waals surface area contributed by atoms with Crippen LogP contribution >= 0.6 is 0 Å². The van der Waals surface area contributed by atoms with E-state index in [4.69, 9.17) is 0 Å². The minimum Gasteiger partial charge on any atom is -0.319 e. The Morgan fingerprint density at radius 2 is 2.33 bits per heavy atom. The summed E-state index contributed by atoms with van der Waals surface area (Å²) in [5, 5.41) is 2.98. The lowest BCUT2D eigenvalue weighted by atomic mass is 9.74. The number of nitrogens with one attached hydrogen (secondary N) is 1. The molecule has 3 unspecified atom stereocenters. The predicted molar refractivity (Wildman–Crippen MR) is 36.1 cm³/mol. The van der Waals surface area contributed by atoms with Gasteiger partial charge >= 0.3 is 0 Å². The summed E-state index contributed by atoms with van der Waals surface area (Å²) in [4.78, 5) is 0. The Kier molecular flexibility index (Phi) is 2.06. The summed E-state index contributed by atoms with van der Waals surface area (Å²) in [6.45, 7) is 2.81. The SMILES string of the molecule is CNCC1CC(C)C1F. The van der Waals surface area contributed by atoms with Gasteiger partial charge < -0.3 is 5.32 Å². The van der Waals surface area contributed by atoms with Crippen LogP contribution in [0.1, 0.15) is 13.3 Å². The first-order chi connectivity index (χ1) is 4.25. The monoisotopic (exact) mass is 131 g/mol. The second-order valence-electron chi connectivity index (χ2n) is 2.98. The Hall–Kier alpha value is -0.110. The van der Waals surface area contributed by atoms with Crippen molar-refractivity contribution < 1.29 is 4.39 Å². The van der Waals surface area contributed by atoms with Gasteiger partial charge in [0.15, 0.2) is 0 Å². The Morgan fingerprint density at radius 3 is 2.67 bits per heavy atom. The van der Waals surface area contributed by atoms with Gasteiger partial charge in [0.05, 0.1) is 0 Å². The van der Waals surface area contributed by atoms with Gasteiger partial charge in [-0.05, 0) is 19.4 Å². The van der Waals surface area contributed by atoms with Crippen LogP contribution in [0.5, 0.6) is 0 Å². The summed E-state index contributed by atoms with van der Waals surface area (Å²) in [6.07, 6.45) is 0.514. The van der Waals surface area contributed by atoms with Crippen molar-refractivity contribution in [3.63, 3.8) is 0 Å². The van der Waals surface area contributed by atoms with E-state index in [0.29, 0.717) is 11.8 Å². The highest BCUT2D eigenvalue weighted by molar-refractivity contribution is 4.87. The maximum atomic E-state index is 12.7. The molecule has 1 N–H and O–H groups in total. The lowest BCUT2D eigenvalue weighted by molar-refractivity contribution is 0.0429. The van der Waals surface area contributed by atoms with E-state index in [9.17, 15) is 4.39 Å². The first-order valence-electron chi connectivity index (χ1n) is 3.54. The van der Waals surface area contributed by atoms with Crippen molar-refractivity contribution in [3.05, 3.63) is 0 Å². The maximum absolute atomic E-state index is 12.7. The Bertz CT molecular complexity index is 92.9. The molecule has 0 radical (unpaired) electrons. The quantitative estimate of drug-likeness (QED) is 0.593. The first kappa shape index (κ1) is 7.00. The van der Waals surface area contributed by atoms with Gasteiger partial charge in [0.2, 0.25) is 0 Å². The zero-order chi connectivity index (χ0) is 6.85. The van der Waals surface area contributed by atoms with E-state index in [2.05, 4.69) is 5.32 Å². The van der Waals surface area contributed by atoms with Gasteiger partial charge in [0, 0.05) is 12.5 Å². The van der Waals surface area contributed by atoms with Crippen molar-refractivity contribution >= 4 is 0 Å².